The maximum atomic E-state index is 9.46. The molecule has 4 nitrogen and oxygen atoms in total. The highest BCUT2D eigenvalue weighted by molar-refractivity contribution is 6.28. The van der Waals surface area contributed by atoms with Gasteiger partial charge in [0, 0.05) is 6.20 Å². The van der Waals surface area contributed by atoms with Gasteiger partial charge >= 0.3 is 0 Å². The van der Waals surface area contributed by atoms with E-state index in [4.69, 9.17) is 17.3 Å². The molecule has 0 aliphatic heterocycles. The van der Waals surface area contributed by atoms with Crippen molar-refractivity contribution < 1.29 is 5.11 Å². The lowest BCUT2D eigenvalue weighted by Gasteiger charge is -2.17. The molecule has 0 bridgehead atoms. The van der Waals surface area contributed by atoms with Gasteiger partial charge < -0.3 is 15.4 Å². The van der Waals surface area contributed by atoms with Gasteiger partial charge in [-0.3, -0.25) is 0 Å². The molecule has 0 saturated heterocycles. The van der Waals surface area contributed by atoms with Crippen LogP contribution in [0.3, 0.4) is 0 Å². The fourth-order valence-electron chi connectivity index (χ4n) is 0.940. The van der Waals surface area contributed by atoms with Crippen molar-refractivity contribution in [3.63, 3.8) is 0 Å². The molecule has 0 spiro atoms. The first kappa shape index (κ1) is 9.35. The lowest BCUT2D eigenvalue weighted by Crippen LogP contribution is -2.25. The number of nitrogen functional groups attached to an aromatic ring is 1. The van der Waals surface area contributed by atoms with Crippen molar-refractivity contribution in [2.24, 2.45) is 0 Å². The monoisotopic (exact) mass is 189 g/mol. The third-order valence-corrected chi connectivity index (χ3v) is 1.61. The van der Waals surface area contributed by atoms with E-state index in [0.717, 1.165) is 0 Å². The summed E-state index contributed by atoms with van der Waals surface area (Å²) >= 11 is 5.71. The second-order valence-corrected chi connectivity index (χ2v) is 3.71. The number of nitrogens with zero attached hydrogens (tertiary/aromatic N) is 2. The van der Waals surface area contributed by atoms with Crippen LogP contribution in [-0.4, -0.2) is 20.3 Å². The molecule has 0 amide bonds. The smallest absolute Gasteiger partial charge is 0.204 e. The minimum absolute atomic E-state index is 0.301. The average Bonchev–Trinajstić information content (AvgIpc) is 2.06. The number of rotatable bonds is 2. The number of halogens is 1. The fourth-order valence-corrected chi connectivity index (χ4v) is 1.15. The molecule has 1 aromatic heterocycles. The van der Waals surface area contributed by atoms with E-state index in [-0.39, 0.29) is 0 Å². The molecule has 0 aliphatic rings. The Morgan fingerprint density at radius 2 is 2.33 bits per heavy atom. The Bertz CT molecular complexity index is 277. The molecule has 0 radical (unpaired) electrons. The van der Waals surface area contributed by atoms with Gasteiger partial charge in [0.2, 0.25) is 5.28 Å². The fraction of sp³-hybridized carbons (Fsp3) is 0.571. The van der Waals surface area contributed by atoms with Gasteiger partial charge in [-0.25, -0.2) is 4.98 Å². The average molecular weight is 190 g/mol. The quantitative estimate of drug-likeness (QED) is 0.727. The molecule has 12 heavy (non-hydrogen) atoms. The summed E-state index contributed by atoms with van der Waals surface area (Å²) in [4.78, 5) is 3.79. The van der Waals surface area contributed by atoms with Crippen molar-refractivity contribution in [2.75, 3.05) is 5.73 Å². The molecule has 1 aromatic rings. The third-order valence-electron chi connectivity index (χ3n) is 1.30. The van der Waals surface area contributed by atoms with Gasteiger partial charge in [-0.15, -0.1) is 0 Å². The molecule has 5 heteroatoms. The van der Waals surface area contributed by atoms with Gasteiger partial charge in [-0.2, -0.15) is 0 Å². The van der Waals surface area contributed by atoms with E-state index in [2.05, 4.69) is 4.98 Å². The summed E-state index contributed by atoms with van der Waals surface area (Å²) in [7, 11) is 0. The molecule has 0 saturated carbocycles. The van der Waals surface area contributed by atoms with Crippen LogP contribution in [0.15, 0.2) is 6.20 Å². The Morgan fingerprint density at radius 1 is 1.75 bits per heavy atom. The highest BCUT2D eigenvalue weighted by Crippen LogP contribution is 2.14. The van der Waals surface area contributed by atoms with E-state index >= 15 is 0 Å². The molecule has 68 valence electrons. The number of imidazole rings is 1. The molecule has 0 aliphatic carbocycles. The van der Waals surface area contributed by atoms with Crippen molar-refractivity contribution in [2.45, 2.75) is 26.0 Å². The van der Waals surface area contributed by atoms with Crippen molar-refractivity contribution >= 4 is 17.4 Å². The van der Waals surface area contributed by atoms with Crippen LogP contribution in [0, 0.1) is 0 Å². The first-order chi connectivity index (χ1) is 5.38. The normalized spacial score (nSPS) is 12.0. The SMILES string of the molecule is CC(C)(O)Cn1cc(N)nc1Cl. The van der Waals surface area contributed by atoms with Gasteiger partial charge in [0.1, 0.15) is 5.82 Å². The summed E-state index contributed by atoms with van der Waals surface area (Å²) in [6.07, 6.45) is 1.60. The van der Waals surface area contributed by atoms with Gasteiger partial charge in [0.15, 0.2) is 0 Å². The minimum Gasteiger partial charge on any atom is -0.389 e. The minimum atomic E-state index is -0.809. The Labute approximate surface area is 76.0 Å². The molecule has 1 heterocycles. The van der Waals surface area contributed by atoms with Crippen molar-refractivity contribution in [1.82, 2.24) is 9.55 Å². The van der Waals surface area contributed by atoms with Crippen molar-refractivity contribution in [3.8, 4) is 0 Å². The third kappa shape index (κ3) is 2.39. The standard InChI is InChI=1S/C7H12ClN3O/c1-7(2,12)4-11-3-5(9)10-6(11)8/h3,12H,4,9H2,1-2H3. The van der Waals surface area contributed by atoms with Crippen LogP contribution in [0.2, 0.25) is 5.28 Å². The molecule has 0 unspecified atom stereocenters. The molecule has 1 rings (SSSR count). The maximum Gasteiger partial charge on any atom is 0.204 e. The summed E-state index contributed by atoms with van der Waals surface area (Å²) in [5.41, 5.74) is 4.59. The molecule has 0 aromatic carbocycles. The first-order valence-electron chi connectivity index (χ1n) is 3.59. The molecular formula is C7H12ClN3O. The van der Waals surface area contributed by atoms with Gasteiger partial charge in [0.25, 0.3) is 0 Å². The zero-order chi connectivity index (χ0) is 9.35. The highest BCUT2D eigenvalue weighted by atomic mass is 35.5. The van der Waals surface area contributed by atoms with Crippen molar-refractivity contribution in [1.29, 1.82) is 0 Å². The van der Waals surface area contributed by atoms with E-state index in [9.17, 15) is 5.11 Å². The van der Waals surface area contributed by atoms with Gasteiger partial charge in [-0.05, 0) is 25.4 Å². The number of hydrogen-bond donors (Lipinski definition) is 2. The van der Waals surface area contributed by atoms with E-state index in [0.29, 0.717) is 17.6 Å². The van der Waals surface area contributed by atoms with E-state index < -0.39 is 5.60 Å². The van der Waals surface area contributed by atoms with Gasteiger partial charge in [-0.1, -0.05) is 0 Å². The topological polar surface area (TPSA) is 64.1 Å². The van der Waals surface area contributed by atoms with Crippen LogP contribution < -0.4 is 5.73 Å². The summed E-state index contributed by atoms with van der Waals surface area (Å²) in [6, 6.07) is 0. The Morgan fingerprint density at radius 3 is 2.67 bits per heavy atom. The molecule has 0 fully saturated rings. The zero-order valence-corrected chi connectivity index (χ0v) is 7.84. The van der Waals surface area contributed by atoms with Crippen LogP contribution >= 0.6 is 11.6 Å². The lowest BCUT2D eigenvalue weighted by atomic mass is 10.1. The highest BCUT2D eigenvalue weighted by Gasteiger charge is 2.15. The predicted molar refractivity (Wildman–Crippen MR) is 47.9 cm³/mol. The Balaban J connectivity index is 2.82. The second-order valence-electron chi connectivity index (χ2n) is 3.38. The summed E-state index contributed by atoms with van der Waals surface area (Å²) < 4.78 is 1.61. The molecular weight excluding hydrogens is 178 g/mol. The van der Waals surface area contributed by atoms with Crippen LogP contribution in [-0.2, 0) is 6.54 Å². The van der Waals surface area contributed by atoms with E-state index in [1.807, 2.05) is 0 Å². The Kier molecular flexibility index (Phi) is 2.30. The van der Waals surface area contributed by atoms with Crippen LogP contribution in [0.5, 0.6) is 0 Å². The van der Waals surface area contributed by atoms with Crippen LogP contribution in [0.25, 0.3) is 0 Å². The van der Waals surface area contributed by atoms with Gasteiger partial charge in [0.05, 0.1) is 12.1 Å². The van der Waals surface area contributed by atoms with Crippen LogP contribution in [0.4, 0.5) is 5.82 Å². The van der Waals surface area contributed by atoms with E-state index in [1.165, 1.54) is 0 Å². The number of hydrogen-bond acceptors (Lipinski definition) is 3. The zero-order valence-electron chi connectivity index (χ0n) is 7.08. The van der Waals surface area contributed by atoms with Crippen molar-refractivity contribution in [3.05, 3.63) is 11.5 Å². The number of aliphatic hydroxyl groups is 1. The summed E-state index contributed by atoms with van der Waals surface area (Å²) in [5.74, 6) is 0.365. The second kappa shape index (κ2) is 2.95. The predicted octanol–water partition coefficient (Wildman–Crippen LogP) is 0.890. The van der Waals surface area contributed by atoms with Crippen LogP contribution in [0.1, 0.15) is 13.8 Å². The number of aromatic nitrogens is 2. The number of anilines is 1. The summed E-state index contributed by atoms with van der Waals surface area (Å²) in [5, 5.41) is 9.76. The summed E-state index contributed by atoms with van der Waals surface area (Å²) in [6.45, 7) is 3.77. The molecule has 3 N–H and O–H groups in total. The molecule has 0 atom stereocenters. The Hall–Kier alpha value is -0.740. The largest absolute Gasteiger partial charge is 0.389 e. The first-order valence-corrected chi connectivity index (χ1v) is 3.97. The maximum absolute atomic E-state index is 9.46. The number of nitrogens with two attached hydrogens (primary N) is 1. The lowest BCUT2D eigenvalue weighted by molar-refractivity contribution is 0.0616. The van der Waals surface area contributed by atoms with E-state index in [1.54, 1.807) is 24.6 Å².